The highest BCUT2D eigenvalue weighted by atomic mass is 32.1. The highest BCUT2D eigenvalue weighted by molar-refractivity contribution is 7.07. The number of ether oxygens (including phenoxy) is 3. The first-order valence-electron chi connectivity index (χ1n) is 12.6. The van der Waals surface area contributed by atoms with Crippen molar-refractivity contribution in [3.05, 3.63) is 121 Å². The SMILES string of the molecule is C#CCOc1ccc(/C=c2\sc3n(c2=O)[C@@H](c2ccc(OC)cc2)C(C(=O)OCC)=C(c2ccccc2)N=3)cc1. The van der Waals surface area contributed by atoms with Crippen LogP contribution in [-0.2, 0) is 9.53 Å². The Morgan fingerprint density at radius 2 is 1.75 bits per heavy atom. The molecule has 0 saturated carbocycles. The van der Waals surface area contributed by atoms with Crippen molar-refractivity contribution in [2.75, 3.05) is 20.3 Å². The number of benzene rings is 3. The number of fused-ring (bicyclic) bond motifs is 1. The number of esters is 1. The molecule has 5 rings (SSSR count). The van der Waals surface area contributed by atoms with Gasteiger partial charge in [0.05, 0.1) is 35.6 Å². The molecule has 0 saturated heterocycles. The van der Waals surface area contributed by atoms with Crippen molar-refractivity contribution in [1.82, 2.24) is 4.57 Å². The average Bonchev–Trinajstić information content (AvgIpc) is 3.30. The summed E-state index contributed by atoms with van der Waals surface area (Å²) < 4.78 is 18.3. The summed E-state index contributed by atoms with van der Waals surface area (Å²) in [4.78, 5) is 32.8. The number of thiazole rings is 1. The maximum atomic E-state index is 13.9. The number of nitrogens with zero attached hydrogens (tertiary/aromatic N) is 2. The standard InChI is InChI=1S/C32H26N2O5S/c1-4-19-39-25-15-11-21(12-16-25)20-26-30(35)34-29(23-13-17-24(37-3)18-14-23)27(31(36)38-5-2)28(33-32(34)40-26)22-9-7-6-8-10-22/h1,6-18,20,29H,5,19H2,2-3H3/b26-20-/t29-/m0/s1. The fourth-order valence-electron chi connectivity index (χ4n) is 4.48. The number of hydrogen-bond donors (Lipinski definition) is 0. The van der Waals surface area contributed by atoms with Gasteiger partial charge in [-0.25, -0.2) is 9.79 Å². The zero-order valence-corrected chi connectivity index (χ0v) is 22.8. The van der Waals surface area contributed by atoms with Gasteiger partial charge in [0.25, 0.3) is 5.56 Å². The van der Waals surface area contributed by atoms with Crippen LogP contribution in [0.1, 0.15) is 29.7 Å². The van der Waals surface area contributed by atoms with Crippen LogP contribution >= 0.6 is 11.3 Å². The molecule has 0 amide bonds. The molecule has 1 aliphatic rings. The number of aromatic nitrogens is 1. The smallest absolute Gasteiger partial charge is 0.338 e. The Morgan fingerprint density at radius 3 is 2.40 bits per heavy atom. The third-order valence-electron chi connectivity index (χ3n) is 6.31. The summed E-state index contributed by atoms with van der Waals surface area (Å²) >= 11 is 1.27. The van der Waals surface area contributed by atoms with E-state index in [0.717, 1.165) is 16.7 Å². The molecule has 1 atom stereocenters. The summed E-state index contributed by atoms with van der Waals surface area (Å²) in [5, 5.41) is 0. The van der Waals surface area contributed by atoms with Gasteiger partial charge in [0, 0.05) is 5.56 Å². The van der Waals surface area contributed by atoms with Crippen LogP contribution in [0.5, 0.6) is 11.5 Å². The molecule has 40 heavy (non-hydrogen) atoms. The zero-order valence-electron chi connectivity index (χ0n) is 22.0. The van der Waals surface area contributed by atoms with Crippen molar-refractivity contribution < 1.29 is 19.0 Å². The summed E-state index contributed by atoms with van der Waals surface area (Å²) in [6.45, 7) is 2.11. The molecule has 7 nitrogen and oxygen atoms in total. The predicted octanol–water partition coefficient (Wildman–Crippen LogP) is 3.96. The van der Waals surface area contributed by atoms with Crippen molar-refractivity contribution >= 4 is 29.1 Å². The molecule has 0 radical (unpaired) electrons. The van der Waals surface area contributed by atoms with Crippen LogP contribution in [0.4, 0.5) is 0 Å². The molecule has 0 bridgehead atoms. The summed E-state index contributed by atoms with van der Waals surface area (Å²) in [5.41, 5.74) is 2.81. The van der Waals surface area contributed by atoms with E-state index in [1.165, 1.54) is 11.3 Å². The molecular weight excluding hydrogens is 524 g/mol. The number of carbonyl (C=O) groups is 1. The quantitative estimate of drug-likeness (QED) is 0.245. The maximum Gasteiger partial charge on any atom is 0.338 e. The lowest BCUT2D eigenvalue weighted by molar-refractivity contribution is -0.138. The zero-order chi connectivity index (χ0) is 28.1. The lowest BCUT2D eigenvalue weighted by Crippen LogP contribution is -2.40. The topological polar surface area (TPSA) is 79.1 Å². The first-order chi connectivity index (χ1) is 19.5. The fourth-order valence-corrected chi connectivity index (χ4v) is 5.48. The van der Waals surface area contributed by atoms with E-state index in [0.29, 0.717) is 32.1 Å². The molecule has 200 valence electrons. The number of hydrogen-bond acceptors (Lipinski definition) is 7. The van der Waals surface area contributed by atoms with E-state index in [1.54, 1.807) is 48.9 Å². The van der Waals surface area contributed by atoms with Crippen LogP contribution in [0.3, 0.4) is 0 Å². The van der Waals surface area contributed by atoms with Crippen molar-refractivity contribution in [3.63, 3.8) is 0 Å². The van der Waals surface area contributed by atoms with Gasteiger partial charge >= 0.3 is 5.97 Å². The van der Waals surface area contributed by atoms with Gasteiger partial charge in [-0.3, -0.25) is 9.36 Å². The van der Waals surface area contributed by atoms with Gasteiger partial charge in [0.1, 0.15) is 18.1 Å². The molecule has 8 heteroatoms. The van der Waals surface area contributed by atoms with E-state index < -0.39 is 12.0 Å². The number of carbonyl (C=O) groups excluding carboxylic acids is 1. The summed E-state index contributed by atoms with van der Waals surface area (Å²) in [5.74, 6) is 3.22. The minimum atomic E-state index is -0.752. The normalized spacial score (nSPS) is 14.6. The monoisotopic (exact) mass is 550 g/mol. The van der Waals surface area contributed by atoms with Gasteiger partial charge in [0.2, 0.25) is 0 Å². The number of rotatable bonds is 8. The largest absolute Gasteiger partial charge is 0.497 e. The first kappa shape index (κ1) is 26.7. The number of methoxy groups -OCH3 is 1. The Kier molecular flexibility index (Phi) is 7.94. The van der Waals surface area contributed by atoms with Gasteiger partial charge in [-0.05, 0) is 48.4 Å². The summed E-state index contributed by atoms with van der Waals surface area (Å²) in [6, 6.07) is 23.3. The highest BCUT2D eigenvalue weighted by Crippen LogP contribution is 2.35. The predicted molar refractivity (Wildman–Crippen MR) is 155 cm³/mol. The minimum absolute atomic E-state index is 0.176. The van der Waals surface area contributed by atoms with Gasteiger partial charge in [-0.15, -0.1) is 6.42 Å². The van der Waals surface area contributed by atoms with Gasteiger partial charge in [0.15, 0.2) is 4.80 Å². The van der Waals surface area contributed by atoms with Crippen LogP contribution in [0.2, 0.25) is 0 Å². The lowest BCUT2D eigenvalue weighted by atomic mass is 9.93. The Balaban J connectivity index is 1.73. The van der Waals surface area contributed by atoms with Gasteiger partial charge in [-0.2, -0.15) is 0 Å². The van der Waals surface area contributed by atoms with E-state index in [-0.39, 0.29) is 18.8 Å². The lowest BCUT2D eigenvalue weighted by Gasteiger charge is -2.26. The van der Waals surface area contributed by atoms with E-state index in [9.17, 15) is 9.59 Å². The molecule has 0 spiro atoms. The van der Waals surface area contributed by atoms with Crippen LogP contribution < -0.4 is 24.4 Å². The average molecular weight is 551 g/mol. The number of terminal acetylenes is 1. The van der Waals surface area contributed by atoms with Gasteiger partial charge in [-0.1, -0.05) is 71.9 Å². The third-order valence-corrected chi connectivity index (χ3v) is 7.29. The molecule has 0 aliphatic carbocycles. The Bertz CT molecular complexity index is 1780. The van der Waals surface area contributed by atoms with Crippen molar-refractivity contribution in [3.8, 4) is 23.8 Å². The molecule has 2 heterocycles. The molecule has 3 aromatic carbocycles. The van der Waals surface area contributed by atoms with Crippen LogP contribution in [0, 0.1) is 12.3 Å². The van der Waals surface area contributed by atoms with E-state index in [4.69, 9.17) is 25.6 Å². The molecule has 4 aromatic rings. The molecule has 1 aromatic heterocycles. The Hall–Kier alpha value is -4.87. The van der Waals surface area contributed by atoms with E-state index in [2.05, 4.69) is 5.92 Å². The van der Waals surface area contributed by atoms with E-state index in [1.807, 2.05) is 54.6 Å². The first-order valence-corrected chi connectivity index (χ1v) is 13.4. The summed E-state index contributed by atoms with van der Waals surface area (Å²) in [7, 11) is 1.59. The van der Waals surface area contributed by atoms with Crippen LogP contribution in [0.15, 0.2) is 94.2 Å². The Morgan fingerprint density at radius 1 is 1.05 bits per heavy atom. The summed E-state index contributed by atoms with van der Waals surface area (Å²) in [6.07, 6.45) is 7.07. The fraction of sp³-hybridized carbons (Fsp3) is 0.156. The van der Waals surface area contributed by atoms with Crippen molar-refractivity contribution in [2.24, 2.45) is 4.99 Å². The van der Waals surface area contributed by atoms with Crippen molar-refractivity contribution in [2.45, 2.75) is 13.0 Å². The second-order valence-electron chi connectivity index (χ2n) is 8.77. The van der Waals surface area contributed by atoms with Crippen LogP contribution in [0.25, 0.3) is 11.8 Å². The second-order valence-corrected chi connectivity index (χ2v) is 9.78. The third kappa shape index (κ3) is 5.33. The molecule has 1 aliphatic heterocycles. The minimum Gasteiger partial charge on any atom is -0.497 e. The van der Waals surface area contributed by atoms with Crippen molar-refractivity contribution in [1.29, 1.82) is 0 Å². The second kappa shape index (κ2) is 11.9. The highest BCUT2D eigenvalue weighted by Gasteiger charge is 2.35. The maximum absolute atomic E-state index is 13.9. The Labute approximate surface area is 235 Å². The molecule has 0 N–H and O–H groups in total. The van der Waals surface area contributed by atoms with Crippen LogP contribution in [-0.4, -0.2) is 30.9 Å². The molecule has 0 unspecified atom stereocenters. The molecular formula is C32H26N2O5S. The van der Waals surface area contributed by atoms with E-state index >= 15 is 0 Å². The van der Waals surface area contributed by atoms with Gasteiger partial charge < -0.3 is 14.2 Å². The molecule has 0 fully saturated rings.